The first kappa shape index (κ1) is 12.4. The maximum Gasteiger partial charge on any atom is 0.0781 e. The molecule has 0 spiro atoms. The zero-order valence-electron chi connectivity index (χ0n) is 10.9. The summed E-state index contributed by atoms with van der Waals surface area (Å²) in [6.45, 7) is 1.84. The number of aliphatic hydroxyl groups is 1. The molecule has 1 aromatic rings. The minimum absolute atomic E-state index is 0.391. The molecule has 2 heteroatoms. The standard InChI is InChI=1S/C15H23NO/c1-12(17)14-10-6-7-11-15(14)16(2)13-8-4-3-5-9-13/h6-7,10-13,17H,3-5,8-9H2,1-2H3/t12-/m0/s1. The van der Waals surface area contributed by atoms with Crippen molar-refractivity contribution in [1.29, 1.82) is 0 Å². The van der Waals surface area contributed by atoms with Crippen molar-refractivity contribution in [2.75, 3.05) is 11.9 Å². The van der Waals surface area contributed by atoms with Crippen LogP contribution in [0.25, 0.3) is 0 Å². The van der Waals surface area contributed by atoms with Crippen LogP contribution in [0.1, 0.15) is 50.7 Å². The van der Waals surface area contributed by atoms with Crippen molar-refractivity contribution in [3.8, 4) is 0 Å². The van der Waals surface area contributed by atoms with E-state index in [4.69, 9.17) is 0 Å². The summed E-state index contributed by atoms with van der Waals surface area (Å²) in [7, 11) is 2.16. The van der Waals surface area contributed by atoms with Crippen molar-refractivity contribution in [2.24, 2.45) is 0 Å². The van der Waals surface area contributed by atoms with E-state index in [1.54, 1.807) is 0 Å². The minimum atomic E-state index is -0.391. The van der Waals surface area contributed by atoms with E-state index in [-0.39, 0.29) is 0 Å². The van der Waals surface area contributed by atoms with Gasteiger partial charge in [-0.05, 0) is 25.8 Å². The van der Waals surface area contributed by atoms with Crippen LogP contribution < -0.4 is 4.90 Å². The average Bonchev–Trinajstić information content (AvgIpc) is 2.39. The van der Waals surface area contributed by atoms with Gasteiger partial charge in [-0.15, -0.1) is 0 Å². The maximum absolute atomic E-state index is 9.83. The lowest BCUT2D eigenvalue weighted by molar-refractivity contribution is 0.199. The number of hydrogen-bond donors (Lipinski definition) is 1. The first-order valence-electron chi connectivity index (χ1n) is 6.70. The molecule has 0 unspecified atom stereocenters. The number of nitrogens with zero attached hydrogens (tertiary/aromatic N) is 1. The third kappa shape index (κ3) is 2.81. The molecule has 0 amide bonds. The van der Waals surface area contributed by atoms with Crippen molar-refractivity contribution < 1.29 is 5.11 Å². The third-order valence-corrected chi connectivity index (χ3v) is 3.89. The van der Waals surface area contributed by atoms with Crippen LogP contribution >= 0.6 is 0 Å². The maximum atomic E-state index is 9.83. The second-order valence-electron chi connectivity index (χ2n) is 5.14. The topological polar surface area (TPSA) is 23.5 Å². The van der Waals surface area contributed by atoms with Crippen molar-refractivity contribution in [2.45, 2.75) is 51.2 Å². The van der Waals surface area contributed by atoms with E-state index < -0.39 is 6.10 Å². The number of hydrogen-bond acceptors (Lipinski definition) is 2. The second kappa shape index (κ2) is 5.54. The van der Waals surface area contributed by atoms with Gasteiger partial charge in [0.25, 0.3) is 0 Å². The Morgan fingerprint density at radius 1 is 1.18 bits per heavy atom. The lowest BCUT2D eigenvalue weighted by atomic mass is 9.93. The third-order valence-electron chi connectivity index (χ3n) is 3.89. The Kier molecular flexibility index (Phi) is 4.06. The second-order valence-corrected chi connectivity index (χ2v) is 5.14. The number of rotatable bonds is 3. The van der Waals surface area contributed by atoms with E-state index in [1.807, 2.05) is 19.1 Å². The summed E-state index contributed by atoms with van der Waals surface area (Å²) in [4.78, 5) is 2.36. The summed E-state index contributed by atoms with van der Waals surface area (Å²) >= 11 is 0. The van der Waals surface area contributed by atoms with Crippen molar-refractivity contribution in [1.82, 2.24) is 0 Å². The smallest absolute Gasteiger partial charge is 0.0781 e. The number of anilines is 1. The molecule has 0 heterocycles. The van der Waals surface area contributed by atoms with Gasteiger partial charge >= 0.3 is 0 Å². The molecule has 1 aliphatic carbocycles. The summed E-state index contributed by atoms with van der Waals surface area (Å²) in [5.74, 6) is 0. The van der Waals surface area contributed by atoms with Crippen LogP contribution in [0.2, 0.25) is 0 Å². The van der Waals surface area contributed by atoms with Crippen LogP contribution in [0.4, 0.5) is 5.69 Å². The Balaban J connectivity index is 2.20. The highest BCUT2D eigenvalue weighted by molar-refractivity contribution is 5.54. The van der Waals surface area contributed by atoms with Gasteiger partial charge in [-0.3, -0.25) is 0 Å². The van der Waals surface area contributed by atoms with E-state index in [9.17, 15) is 5.11 Å². The van der Waals surface area contributed by atoms with Gasteiger partial charge < -0.3 is 10.0 Å². The minimum Gasteiger partial charge on any atom is -0.389 e. The van der Waals surface area contributed by atoms with Crippen LogP contribution in [-0.2, 0) is 0 Å². The molecule has 1 atom stereocenters. The van der Waals surface area contributed by atoms with Crippen molar-refractivity contribution >= 4 is 5.69 Å². The number of aliphatic hydroxyl groups excluding tert-OH is 1. The number of para-hydroxylation sites is 1. The zero-order valence-corrected chi connectivity index (χ0v) is 10.9. The van der Waals surface area contributed by atoms with Gasteiger partial charge in [-0.25, -0.2) is 0 Å². The van der Waals surface area contributed by atoms with Gasteiger partial charge in [-0.2, -0.15) is 0 Å². The molecule has 0 radical (unpaired) electrons. The highest BCUT2D eigenvalue weighted by Crippen LogP contribution is 2.30. The Morgan fingerprint density at radius 2 is 1.82 bits per heavy atom. The fourth-order valence-electron chi connectivity index (χ4n) is 2.83. The molecule has 2 rings (SSSR count). The summed E-state index contributed by atoms with van der Waals surface area (Å²) in [6, 6.07) is 8.85. The molecule has 1 aromatic carbocycles. The predicted octanol–water partition coefficient (Wildman–Crippen LogP) is 3.51. The highest BCUT2D eigenvalue weighted by atomic mass is 16.3. The summed E-state index contributed by atoms with van der Waals surface area (Å²) in [5.41, 5.74) is 2.23. The van der Waals surface area contributed by atoms with E-state index >= 15 is 0 Å². The highest BCUT2D eigenvalue weighted by Gasteiger charge is 2.20. The Bertz CT molecular complexity index is 356. The number of benzene rings is 1. The van der Waals surface area contributed by atoms with Crippen molar-refractivity contribution in [3.05, 3.63) is 29.8 Å². The first-order chi connectivity index (χ1) is 8.20. The molecule has 1 aliphatic rings. The van der Waals surface area contributed by atoms with Crippen molar-refractivity contribution in [3.63, 3.8) is 0 Å². The zero-order chi connectivity index (χ0) is 12.3. The van der Waals surface area contributed by atoms with E-state index in [0.717, 1.165) is 5.56 Å². The van der Waals surface area contributed by atoms with E-state index in [2.05, 4.69) is 24.1 Å². The van der Waals surface area contributed by atoms with Crippen LogP contribution in [0.3, 0.4) is 0 Å². The monoisotopic (exact) mass is 233 g/mol. The summed E-state index contributed by atoms with van der Waals surface area (Å²) < 4.78 is 0. The average molecular weight is 233 g/mol. The van der Waals surface area contributed by atoms with Gasteiger partial charge in [0, 0.05) is 24.3 Å². The van der Waals surface area contributed by atoms with Crippen LogP contribution in [0, 0.1) is 0 Å². The van der Waals surface area contributed by atoms with Crippen LogP contribution in [0.5, 0.6) is 0 Å². The van der Waals surface area contributed by atoms with Gasteiger partial charge in [0.05, 0.1) is 6.10 Å². The largest absolute Gasteiger partial charge is 0.389 e. The van der Waals surface area contributed by atoms with Gasteiger partial charge in [0.2, 0.25) is 0 Å². The fourth-order valence-corrected chi connectivity index (χ4v) is 2.83. The molecule has 1 N–H and O–H groups in total. The molecular formula is C15H23NO. The lowest BCUT2D eigenvalue weighted by Gasteiger charge is -2.34. The molecule has 17 heavy (non-hydrogen) atoms. The van der Waals surface area contributed by atoms with Gasteiger partial charge in [0.15, 0.2) is 0 Å². The van der Waals surface area contributed by atoms with E-state index in [1.165, 1.54) is 37.8 Å². The normalized spacial score (nSPS) is 19.0. The Labute approximate surface area is 104 Å². The molecule has 1 fully saturated rings. The van der Waals surface area contributed by atoms with Crippen LogP contribution in [-0.4, -0.2) is 18.2 Å². The van der Waals surface area contributed by atoms with Gasteiger partial charge in [-0.1, -0.05) is 37.5 Å². The molecule has 0 aliphatic heterocycles. The lowest BCUT2D eigenvalue weighted by Crippen LogP contribution is -2.34. The van der Waals surface area contributed by atoms with Gasteiger partial charge in [0.1, 0.15) is 0 Å². The molecular weight excluding hydrogens is 210 g/mol. The summed E-state index contributed by atoms with van der Waals surface area (Å²) in [5, 5.41) is 9.83. The molecule has 0 aromatic heterocycles. The van der Waals surface area contributed by atoms with Crippen LogP contribution in [0.15, 0.2) is 24.3 Å². The molecule has 1 saturated carbocycles. The first-order valence-corrected chi connectivity index (χ1v) is 6.70. The molecule has 94 valence electrons. The fraction of sp³-hybridized carbons (Fsp3) is 0.600. The Hall–Kier alpha value is -1.02. The molecule has 2 nitrogen and oxygen atoms in total. The quantitative estimate of drug-likeness (QED) is 0.863. The Morgan fingerprint density at radius 3 is 2.47 bits per heavy atom. The SMILES string of the molecule is C[C@H](O)c1ccccc1N(C)C1CCCCC1. The molecule has 0 bridgehead atoms. The predicted molar refractivity (Wildman–Crippen MR) is 72.4 cm³/mol. The molecule has 0 saturated heterocycles. The van der Waals surface area contributed by atoms with E-state index in [0.29, 0.717) is 6.04 Å². The summed E-state index contributed by atoms with van der Waals surface area (Å²) in [6.07, 6.45) is 6.23.